The number of nitrogens with zero attached hydrogens (tertiary/aromatic N) is 1. The van der Waals surface area contributed by atoms with Gasteiger partial charge in [-0.25, -0.2) is 0 Å². The molecule has 1 aromatic rings. The number of hydrogen-bond donors (Lipinski definition) is 0. The van der Waals surface area contributed by atoms with Crippen molar-refractivity contribution >= 4 is 33.4 Å². The Morgan fingerprint density at radius 3 is 2.50 bits per heavy atom. The van der Waals surface area contributed by atoms with Crippen molar-refractivity contribution in [3.63, 3.8) is 0 Å². The van der Waals surface area contributed by atoms with Crippen molar-refractivity contribution in [2.75, 3.05) is 13.1 Å². The van der Waals surface area contributed by atoms with E-state index in [0.29, 0.717) is 22.4 Å². The first kappa shape index (κ1) is 13.9. The maximum Gasteiger partial charge on any atom is 0.253 e. The second-order valence-corrected chi connectivity index (χ2v) is 6.55. The molecule has 1 amide bonds. The first-order chi connectivity index (χ1) is 8.47. The number of hydrogen-bond acceptors (Lipinski definition) is 1. The summed E-state index contributed by atoms with van der Waals surface area (Å²) in [6.07, 6.45) is 1.20. The van der Waals surface area contributed by atoms with Crippen LogP contribution in [0.1, 0.15) is 30.6 Å². The molecule has 0 radical (unpaired) electrons. The van der Waals surface area contributed by atoms with Crippen LogP contribution in [0.25, 0.3) is 0 Å². The summed E-state index contributed by atoms with van der Waals surface area (Å²) in [5.41, 5.74) is 0.701. The first-order valence-electron chi connectivity index (χ1n) is 6.21. The predicted molar refractivity (Wildman–Crippen MR) is 78.0 cm³/mol. The van der Waals surface area contributed by atoms with Crippen LogP contribution in [0.15, 0.2) is 22.7 Å². The molecule has 1 saturated heterocycles. The van der Waals surface area contributed by atoms with Crippen LogP contribution in [0.4, 0.5) is 0 Å². The van der Waals surface area contributed by atoms with Gasteiger partial charge in [0.15, 0.2) is 0 Å². The zero-order valence-electron chi connectivity index (χ0n) is 10.6. The minimum Gasteiger partial charge on any atom is -0.338 e. The SMILES string of the molecule is CC1CC(C)CN(C(=O)c2ccc(Cl)c(Br)c2)C1. The molecule has 2 atom stereocenters. The minimum atomic E-state index is 0.103. The van der Waals surface area contributed by atoms with Crippen LogP contribution in [-0.4, -0.2) is 23.9 Å². The summed E-state index contributed by atoms with van der Waals surface area (Å²) in [6.45, 7) is 6.11. The quantitative estimate of drug-likeness (QED) is 0.755. The van der Waals surface area contributed by atoms with Crippen LogP contribution in [0.5, 0.6) is 0 Å². The molecule has 2 unspecified atom stereocenters. The Hall–Kier alpha value is -0.540. The fourth-order valence-electron chi connectivity index (χ4n) is 2.64. The zero-order valence-corrected chi connectivity index (χ0v) is 13.0. The second-order valence-electron chi connectivity index (χ2n) is 5.29. The van der Waals surface area contributed by atoms with E-state index in [4.69, 9.17) is 11.6 Å². The molecular weight excluding hydrogens is 314 g/mol. The highest BCUT2D eigenvalue weighted by Crippen LogP contribution is 2.26. The number of benzene rings is 1. The number of carbonyl (C=O) groups excluding carboxylic acids is 1. The second kappa shape index (κ2) is 5.62. The molecule has 0 aliphatic carbocycles. The molecule has 0 spiro atoms. The number of carbonyl (C=O) groups is 1. The van der Waals surface area contributed by atoms with Gasteiger partial charge in [-0.15, -0.1) is 0 Å². The van der Waals surface area contributed by atoms with Crippen molar-refractivity contribution in [1.29, 1.82) is 0 Å². The van der Waals surface area contributed by atoms with Gasteiger partial charge in [0.1, 0.15) is 0 Å². The molecule has 4 heteroatoms. The third-order valence-corrected chi connectivity index (χ3v) is 4.54. The molecule has 0 aromatic heterocycles. The van der Waals surface area contributed by atoms with Crippen molar-refractivity contribution in [2.24, 2.45) is 11.8 Å². The summed E-state index contributed by atoms with van der Waals surface area (Å²) in [4.78, 5) is 14.4. The van der Waals surface area contributed by atoms with Crippen LogP contribution in [0, 0.1) is 11.8 Å². The van der Waals surface area contributed by atoms with Gasteiger partial charge >= 0.3 is 0 Å². The van der Waals surface area contributed by atoms with Gasteiger partial charge < -0.3 is 4.90 Å². The smallest absolute Gasteiger partial charge is 0.253 e. The van der Waals surface area contributed by atoms with Crippen molar-refractivity contribution < 1.29 is 4.79 Å². The minimum absolute atomic E-state index is 0.103. The Morgan fingerprint density at radius 2 is 1.94 bits per heavy atom. The Kier molecular flexibility index (Phi) is 4.33. The van der Waals surface area contributed by atoms with Gasteiger partial charge in [-0.3, -0.25) is 4.79 Å². The standard InChI is InChI=1S/C14H17BrClNO/c1-9-5-10(2)8-17(7-9)14(18)11-3-4-13(16)12(15)6-11/h3-4,6,9-10H,5,7-8H2,1-2H3. The monoisotopic (exact) mass is 329 g/mol. The summed E-state index contributed by atoms with van der Waals surface area (Å²) in [6, 6.07) is 5.35. The van der Waals surface area contributed by atoms with E-state index in [0.717, 1.165) is 17.6 Å². The lowest BCUT2D eigenvalue weighted by Gasteiger charge is -2.35. The molecular formula is C14H17BrClNO. The Balaban J connectivity index is 2.17. The summed E-state index contributed by atoms with van der Waals surface area (Å²) >= 11 is 9.31. The van der Waals surface area contributed by atoms with Crippen molar-refractivity contribution in [2.45, 2.75) is 20.3 Å². The molecule has 1 heterocycles. The molecule has 1 fully saturated rings. The maximum atomic E-state index is 12.4. The van der Waals surface area contributed by atoms with E-state index in [9.17, 15) is 4.79 Å². The van der Waals surface area contributed by atoms with Crippen LogP contribution < -0.4 is 0 Å². The fraction of sp³-hybridized carbons (Fsp3) is 0.500. The topological polar surface area (TPSA) is 20.3 Å². The number of piperidine rings is 1. The number of likely N-dealkylation sites (tertiary alicyclic amines) is 1. The predicted octanol–water partition coefficient (Wildman–Crippen LogP) is 4.22. The Labute approximate surface area is 121 Å². The number of rotatable bonds is 1. The largest absolute Gasteiger partial charge is 0.338 e. The van der Waals surface area contributed by atoms with Crippen LogP contribution in [-0.2, 0) is 0 Å². The van der Waals surface area contributed by atoms with E-state index in [1.165, 1.54) is 6.42 Å². The van der Waals surface area contributed by atoms with Crippen LogP contribution >= 0.6 is 27.5 Å². The van der Waals surface area contributed by atoms with Crippen molar-refractivity contribution in [3.05, 3.63) is 33.3 Å². The molecule has 1 aromatic carbocycles. The number of halogens is 2. The molecule has 0 bridgehead atoms. The molecule has 2 rings (SSSR count). The molecule has 2 nitrogen and oxygen atoms in total. The maximum absolute atomic E-state index is 12.4. The summed E-state index contributed by atoms with van der Waals surface area (Å²) in [7, 11) is 0. The van der Waals surface area contributed by atoms with Gasteiger partial charge in [0, 0.05) is 23.1 Å². The highest BCUT2D eigenvalue weighted by molar-refractivity contribution is 9.10. The van der Waals surface area contributed by atoms with E-state index >= 15 is 0 Å². The van der Waals surface area contributed by atoms with Crippen molar-refractivity contribution in [3.8, 4) is 0 Å². The molecule has 0 N–H and O–H groups in total. The van der Waals surface area contributed by atoms with Gasteiger partial charge in [-0.1, -0.05) is 25.4 Å². The summed E-state index contributed by atoms with van der Waals surface area (Å²) in [5.74, 6) is 1.26. The third kappa shape index (κ3) is 3.07. The normalized spacial score (nSPS) is 24.1. The first-order valence-corrected chi connectivity index (χ1v) is 7.38. The third-order valence-electron chi connectivity index (χ3n) is 3.32. The van der Waals surface area contributed by atoms with Gasteiger partial charge in [-0.05, 0) is 52.4 Å². The van der Waals surface area contributed by atoms with Crippen LogP contribution in [0.3, 0.4) is 0 Å². The Morgan fingerprint density at radius 1 is 1.33 bits per heavy atom. The van der Waals surface area contributed by atoms with E-state index in [2.05, 4.69) is 29.8 Å². The highest BCUT2D eigenvalue weighted by atomic mass is 79.9. The van der Waals surface area contributed by atoms with E-state index < -0.39 is 0 Å². The molecule has 1 aliphatic rings. The van der Waals surface area contributed by atoms with E-state index in [-0.39, 0.29) is 5.91 Å². The average molecular weight is 331 g/mol. The van der Waals surface area contributed by atoms with E-state index in [1.807, 2.05) is 4.90 Å². The lowest BCUT2D eigenvalue weighted by atomic mass is 9.91. The van der Waals surface area contributed by atoms with Gasteiger partial charge in [0.25, 0.3) is 5.91 Å². The summed E-state index contributed by atoms with van der Waals surface area (Å²) in [5, 5.41) is 0.631. The molecule has 18 heavy (non-hydrogen) atoms. The van der Waals surface area contributed by atoms with Crippen LogP contribution in [0.2, 0.25) is 5.02 Å². The molecule has 1 aliphatic heterocycles. The fourth-order valence-corrected chi connectivity index (χ4v) is 3.14. The Bertz CT molecular complexity index is 453. The van der Waals surface area contributed by atoms with Crippen molar-refractivity contribution in [1.82, 2.24) is 4.90 Å². The lowest BCUT2D eigenvalue weighted by molar-refractivity contribution is 0.0623. The summed E-state index contributed by atoms with van der Waals surface area (Å²) < 4.78 is 0.771. The lowest BCUT2D eigenvalue weighted by Crippen LogP contribution is -2.42. The molecule has 98 valence electrons. The average Bonchev–Trinajstić information content (AvgIpc) is 2.30. The molecule has 0 saturated carbocycles. The van der Waals surface area contributed by atoms with E-state index in [1.54, 1.807) is 18.2 Å². The number of amides is 1. The zero-order chi connectivity index (χ0) is 13.3. The van der Waals surface area contributed by atoms with Gasteiger partial charge in [0.05, 0.1) is 5.02 Å². The highest BCUT2D eigenvalue weighted by Gasteiger charge is 2.26. The van der Waals surface area contributed by atoms with Gasteiger partial charge in [-0.2, -0.15) is 0 Å². The van der Waals surface area contributed by atoms with Gasteiger partial charge in [0.2, 0.25) is 0 Å².